The second-order valence-corrected chi connectivity index (χ2v) is 31.2. The van der Waals surface area contributed by atoms with Gasteiger partial charge in [0.15, 0.2) is 5.82 Å². The molecule has 0 bridgehead atoms. The van der Waals surface area contributed by atoms with Crippen LogP contribution in [0, 0.1) is 12.7 Å². The number of halogens is 1. The van der Waals surface area contributed by atoms with Crippen molar-refractivity contribution in [2.75, 3.05) is 98.1 Å². The lowest BCUT2D eigenvalue weighted by molar-refractivity contribution is -0.131. The highest BCUT2D eigenvalue weighted by atomic mass is 19.1. The number of anilines is 4. The average molecular weight is 1540 g/mol. The number of hydrogen-bond acceptors (Lipinski definition) is 12. The number of hydrogen-bond donors (Lipinski definition) is 4. The van der Waals surface area contributed by atoms with Crippen molar-refractivity contribution in [3.63, 3.8) is 0 Å². The molecular formula is C94H93FN12O8. The number of rotatable bonds is 12. The van der Waals surface area contributed by atoms with Crippen LogP contribution in [-0.2, 0) is 58.0 Å². The number of nitrogens with one attached hydrogen (secondary N) is 2. The molecule has 8 aliphatic rings. The molecule has 4 N–H and O–H groups in total. The topological polar surface area (TPSA) is 226 Å². The minimum absolute atomic E-state index is 0.00919. The lowest BCUT2D eigenvalue weighted by Gasteiger charge is -2.39. The molecule has 0 saturated carbocycles. The first-order chi connectivity index (χ1) is 55.9. The van der Waals surface area contributed by atoms with Crippen LogP contribution >= 0.6 is 0 Å². The number of carbonyl (C=O) groups excluding carboxylic acids is 6. The van der Waals surface area contributed by atoms with E-state index in [2.05, 4.69) is 141 Å². The van der Waals surface area contributed by atoms with Crippen LogP contribution in [0.15, 0.2) is 221 Å². The summed E-state index contributed by atoms with van der Waals surface area (Å²) in [6.45, 7) is 26.9. The van der Waals surface area contributed by atoms with E-state index < -0.39 is 5.82 Å². The van der Waals surface area contributed by atoms with Crippen LogP contribution in [0.4, 0.5) is 27.1 Å². The Morgan fingerprint density at radius 3 is 1.48 bits per heavy atom. The third kappa shape index (κ3) is 15.4. The van der Waals surface area contributed by atoms with Gasteiger partial charge < -0.3 is 49.4 Å². The molecule has 11 aromatic rings. The predicted molar refractivity (Wildman–Crippen MR) is 449 cm³/mol. The van der Waals surface area contributed by atoms with Gasteiger partial charge in [0, 0.05) is 160 Å². The van der Waals surface area contributed by atoms with Crippen molar-refractivity contribution in [3.8, 4) is 11.5 Å². The van der Waals surface area contributed by atoms with Crippen molar-refractivity contribution in [1.29, 1.82) is 0 Å². The zero-order valence-electron chi connectivity index (χ0n) is 64.7. The third-order valence-corrected chi connectivity index (χ3v) is 24.3. The molecule has 2 aromatic heterocycles. The molecule has 0 aliphatic carbocycles. The predicted octanol–water partition coefficient (Wildman–Crippen LogP) is 14.7. The van der Waals surface area contributed by atoms with Gasteiger partial charge in [0.2, 0.25) is 23.6 Å². The summed E-state index contributed by atoms with van der Waals surface area (Å²) in [6, 6.07) is 51.9. The highest BCUT2D eigenvalue weighted by molar-refractivity contribution is 6.13. The number of aromatic nitrogens is 4. The summed E-state index contributed by atoms with van der Waals surface area (Å²) in [4.78, 5) is 88.4. The van der Waals surface area contributed by atoms with Crippen LogP contribution < -0.4 is 19.6 Å². The van der Waals surface area contributed by atoms with Gasteiger partial charge in [0.25, 0.3) is 11.8 Å². The lowest BCUT2D eigenvalue weighted by Crippen LogP contribution is -2.47. The number of aryl methyl sites for hydroxylation is 3. The number of carbonyl (C=O) groups is 6. The number of aromatic amines is 2. The molecule has 20 nitrogen and oxygen atoms in total. The molecule has 9 aromatic carbocycles. The maximum absolute atomic E-state index is 14.1. The summed E-state index contributed by atoms with van der Waals surface area (Å²) in [5, 5.41) is 39.1. The number of fused-ring (bicyclic) bond motifs is 7. The fourth-order valence-corrected chi connectivity index (χ4v) is 17.8. The molecular weight excluding hydrogens is 1440 g/mol. The van der Waals surface area contributed by atoms with Crippen molar-refractivity contribution >= 4 is 90.8 Å². The van der Waals surface area contributed by atoms with E-state index in [1.165, 1.54) is 103 Å². The van der Waals surface area contributed by atoms with E-state index in [4.69, 9.17) is 0 Å². The molecule has 4 fully saturated rings. The van der Waals surface area contributed by atoms with Crippen LogP contribution in [0.25, 0.3) is 32.6 Å². The number of phenolic OH excluding ortho intramolecular Hbond substituents is 2. The van der Waals surface area contributed by atoms with Gasteiger partial charge in [0.05, 0.1) is 29.1 Å². The molecule has 0 radical (unpaired) electrons. The summed E-state index contributed by atoms with van der Waals surface area (Å²) in [5.74, 6) is 0.588. The van der Waals surface area contributed by atoms with Gasteiger partial charge in [-0.2, -0.15) is 10.2 Å². The summed E-state index contributed by atoms with van der Waals surface area (Å²) in [5.41, 5.74) is 20.2. The van der Waals surface area contributed by atoms with Crippen molar-refractivity contribution in [1.82, 2.24) is 40.0 Å². The molecule has 10 heterocycles. The Bertz CT molecular complexity index is 5670. The molecule has 6 amide bonds. The van der Waals surface area contributed by atoms with E-state index in [9.17, 15) is 43.4 Å². The lowest BCUT2D eigenvalue weighted by atomic mass is 9.87. The van der Waals surface area contributed by atoms with E-state index in [0.717, 1.165) is 158 Å². The van der Waals surface area contributed by atoms with E-state index in [1.54, 1.807) is 17.2 Å². The minimum atomic E-state index is -0.620. The largest absolute Gasteiger partial charge is 0.508 e. The van der Waals surface area contributed by atoms with Crippen LogP contribution in [-0.4, -0.2) is 164 Å². The molecule has 1 atom stereocenters. The quantitative estimate of drug-likeness (QED) is 0.0838. The molecule has 1 unspecified atom stereocenters. The number of likely N-dealkylation sites (tertiary alicyclic amines) is 4. The van der Waals surface area contributed by atoms with Crippen LogP contribution in [0.5, 0.6) is 11.5 Å². The van der Waals surface area contributed by atoms with Gasteiger partial charge in [-0.25, -0.2) is 4.39 Å². The highest BCUT2D eigenvalue weighted by Gasteiger charge is 2.37. The highest BCUT2D eigenvalue weighted by Crippen LogP contribution is 2.42. The zero-order valence-corrected chi connectivity index (χ0v) is 64.7. The molecule has 8 aliphatic heterocycles. The van der Waals surface area contributed by atoms with Gasteiger partial charge in [-0.1, -0.05) is 129 Å². The molecule has 0 spiro atoms. The summed E-state index contributed by atoms with van der Waals surface area (Å²) >= 11 is 0. The maximum atomic E-state index is 14.1. The van der Waals surface area contributed by atoms with E-state index >= 15 is 0 Å². The first kappa shape index (κ1) is 76.1. The van der Waals surface area contributed by atoms with Crippen molar-refractivity contribution in [2.24, 2.45) is 0 Å². The molecule has 21 heteroatoms. The number of amides is 6. The number of phenols is 2. The number of benzene rings is 9. The Hall–Kier alpha value is -12.9. The summed E-state index contributed by atoms with van der Waals surface area (Å²) in [6.07, 6.45) is 15.9. The second kappa shape index (κ2) is 32.7. The van der Waals surface area contributed by atoms with E-state index in [1.807, 2.05) is 81.3 Å². The number of aromatic hydroxyl groups is 2. The van der Waals surface area contributed by atoms with Crippen molar-refractivity contribution < 1.29 is 43.4 Å². The van der Waals surface area contributed by atoms with Crippen molar-refractivity contribution in [3.05, 3.63) is 299 Å². The van der Waals surface area contributed by atoms with Gasteiger partial charge in [-0.05, 0) is 191 Å². The molecule has 4 saturated heterocycles. The van der Waals surface area contributed by atoms with Gasteiger partial charge in [-0.3, -0.25) is 39.0 Å². The second-order valence-electron chi connectivity index (χ2n) is 31.2. The Morgan fingerprint density at radius 1 is 0.443 bits per heavy atom. The Balaban J connectivity index is 0.000000115. The maximum Gasteiger partial charge on any atom is 0.258 e. The minimum Gasteiger partial charge on any atom is -0.508 e. The Kier molecular flexibility index (Phi) is 21.6. The SMILES string of the molecule is C=CC(=O)N1CC(c2ccc3c(c2)CCCN(c2cc(O)cc4ccccc24)C3)C1.C=CC(=O)N1CC(c2ccc3c(c2)CCCN(c2cccc4[nH]ncc24)C3)C1.C=CC(=O)N1CC(c2ccc3c(c2)CCN(c2c(O)cccc2F)C3=O)C1.C=CC(=O)N1CCC(c2ccc3c(c2)CCN(c2c(C)ccc4[nH]ncc24)C3=O)C1. The third-order valence-electron chi connectivity index (χ3n) is 24.3. The average Bonchev–Trinajstić information content (AvgIpc) is 1.32. The summed E-state index contributed by atoms with van der Waals surface area (Å²) < 4.78 is 14.1. The Morgan fingerprint density at radius 2 is 0.922 bits per heavy atom. The van der Waals surface area contributed by atoms with Crippen molar-refractivity contribution in [2.45, 2.75) is 88.6 Å². The van der Waals surface area contributed by atoms with Crippen LogP contribution in [0.2, 0.25) is 0 Å². The zero-order chi connectivity index (χ0) is 79.7. The fourth-order valence-electron chi connectivity index (χ4n) is 17.8. The fraction of sp³-hybridized carbons (Fsp3) is 0.277. The Labute approximate surface area is 667 Å². The van der Waals surface area contributed by atoms with Gasteiger partial charge >= 0.3 is 0 Å². The number of nitrogens with zero attached hydrogens (tertiary/aromatic N) is 10. The van der Waals surface area contributed by atoms with Crippen LogP contribution in [0.1, 0.15) is 125 Å². The molecule has 115 heavy (non-hydrogen) atoms. The monoisotopic (exact) mass is 1540 g/mol. The molecule has 584 valence electrons. The number of H-pyrrole nitrogens is 2. The normalized spacial score (nSPS) is 17.3. The van der Waals surface area contributed by atoms with Gasteiger partial charge in [0.1, 0.15) is 17.2 Å². The van der Waals surface area contributed by atoms with E-state index in [-0.39, 0.29) is 52.8 Å². The van der Waals surface area contributed by atoms with Gasteiger partial charge in [-0.15, -0.1) is 0 Å². The molecule has 19 rings (SSSR count). The number of para-hydroxylation sites is 1. The standard InChI is InChI=1S/C26H26N2O2.C24H24N4O2.C23H24N4O.C21H19FN2O3/c1-2-26(30)28-16-22(17-28)19-9-10-21-15-27(11-5-7-18(21)12-19)25-14-23(29)13-20-6-3-4-8-24(20)25;1-3-22(29)27-10-8-18(14-27)16-5-6-19-17(12-16)9-11-28(24(19)30)23-15(2)4-7-21-20(23)13-25-26-21;1-2-23(28)27-14-19(15-27)17-8-9-18-13-26(10-4-5-16(18)11-17)22-7-3-6-21-20(22)12-24-25-21;1-2-19(26)23-11-15(12-23)13-6-7-16-14(10-13)8-9-24(21(16)27)20-17(22)4-3-5-18(20)25/h2-4,6,8-10,12-14,22,29H,1,5,7,11,15-17H2;3-7,12-13,18H,1,8-11,14H2,2H3,(H,25,26);2-3,6-9,11-12,19H,1,4-5,10,13-15H2,(H,24,25);2-7,10,15,25H,1,8-9,11-12H2. The van der Waals surface area contributed by atoms with E-state index in [0.29, 0.717) is 68.2 Å². The smallest absolute Gasteiger partial charge is 0.258 e. The summed E-state index contributed by atoms with van der Waals surface area (Å²) in [7, 11) is 0. The first-order valence-corrected chi connectivity index (χ1v) is 39.7. The van der Waals surface area contributed by atoms with Crippen LogP contribution in [0.3, 0.4) is 0 Å². The first-order valence-electron chi connectivity index (χ1n) is 39.7.